The van der Waals surface area contributed by atoms with Gasteiger partial charge in [-0.05, 0) is 50.3 Å². The van der Waals surface area contributed by atoms with Crippen LogP contribution in [0.15, 0.2) is 23.2 Å². The second-order valence-corrected chi connectivity index (χ2v) is 5.70. The van der Waals surface area contributed by atoms with E-state index in [0.717, 1.165) is 31.4 Å². The maximum Gasteiger partial charge on any atom is 0.0731 e. The molecule has 0 saturated carbocycles. The molecule has 2 aromatic rings. The molecule has 20 heavy (non-hydrogen) atoms. The van der Waals surface area contributed by atoms with Gasteiger partial charge in [0.05, 0.1) is 24.1 Å². The van der Waals surface area contributed by atoms with E-state index >= 15 is 0 Å². The molecule has 2 N–H and O–H groups in total. The van der Waals surface area contributed by atoms with Crippen LogP contribution in [-0.4, -0.2) is 28.5 Å². The zero-order valence-corrected chi connectivity index (χ0v) is 12.2. The Kier molecular flexibility index (Phi) is 3.62. The molecule has 0 amide bonds. The Morgan fingerprint density at radius 3 is 2.95 bits per heavy atom. The Labute approximate surface area is 119 Å². The van der Waals surface area contributed by atoms with Crippen LogP contribution < -0.4 is 0 Å². The fourth-order valence-corrected chi connectivity index (χ4v) is 3.04. The molecule has 1 heterocycles. The van der Waals surface area contributed by atoms with Crippen LogP contribution in [-0.2, 0) is 6.42 Å². The van der Waals surface area contributed by atoms with Crippen molar-refractivity contribution in [2.45, 2.75) is 45.6 Å². The van der Waals surface area contributed by atoms with E-state index in [1.165, 1.54) is 27.7 Å². The topological polar surface area (TPSA) is 48.4 Å². The highest BCUT2D eigenvalue weighted by atomic mass is 16.3. The monoisotopic (exact) mass is 270 g/mol. The van der Waals surface area contributed by atoms with Gasteiger partial charge >= 0.3 is 0 Å². The van der Waals surface area contributed by atoms with Crippen LogP contribution in [0.5, 0.6) is 0 Å². The molecule has 3 heteroatoms. The van der Waals surface area contributed by atoms with Gasteiger partial charge in [0.25, 0.3) is 0 Å². The van der Waals surface area contributed by atoms with Gasteiger partial charge in [-0.1, -0.05) is 18.6 Å². The standard InChI is InChI=1S/C17H22N2O/c1-3-12(10-20)18-16-6-4-5-13-14-9-11(2)7-8-15(14)19-17(13)16/h7-9,12,19-20H,3-6,10H2,1-2H3/b18-16+. The van der Waals surface area contributed by atoms with Gasteiger partial charge in [0.15, 0.2) is 0 Å². The number of aliphatic hydroxyl groups is 1. The van der Waals surface area contributed by atoms with Crippen LogP contribution in [0.4, 0.5) is 0 Å². The average molecular weight is 270 g/mol. The SMILES string of the molecule is CCC(CO)/N=C1\CCCc2c1[nH]c1ccc(C)cc21. The predicted octanol–water partition coefficient (Wildman–Crippen LogP) is 3.37. The minimum absolute atomic E-state index is 0.0316. The number of aromatic nitrogens is 1. The van der Waals surface area contributed by atoms with E-state index in [2.05, 4.69) is 37.0 Å². The lowest BCUT2D eigenvalue weighted by molar-refractivity contribution is 0.264. The number of nitrogens with one attached hydrogen (secondary N) is 1. The quantitative estimate of drug-likeness (QED) is 0.882. The molecule has 1 unspecified atom stereocenters. The molecular weight excluding hydrogens is 248 g/mol. The van der Waals surface area contributed by atoms with Crippen LogP contribution >= 0.6 is 0 Å². The largest absolute Gasteiger partial charge is 0.394 e. The molecule has 1 aromatic carbocycles. The van der Waals surface area contributed by atoms with E-state index in [1.807, 2.05) is 0 Å². The number of aliphatic imine (C=N–C) groups is 1. The summed E-state index contributed by atoms with van der Waals surface area (Å²) in [5, 5.41) is 10.7. The van der Waals surface area contributed by atoms with Gasteiger partial charge in [-0.15, -0.1) is 0 Å². The molecule has 0 aliphatic heterocycles. The number of aromatic amines is 1. The van der Waals surface area contributed by atoms with Crippen LogP contribution in [0.25, 0.3) is 10.9 Å². The van der Waals surface area contributed by atoms with Crippen LogP contribution in [0.1, 0.15) is 43.0 Å². The van der Waals surface area contributed by atoms with E-state index in [0.29, 0.717) is 0 Å². The molecule has 3 rings (SSSR count). The normalized spacial score (nSPS) is 18.4. The molecule has 1 aliphatic carbocycles. The van der Waals surface area contributed by atoms with Crippen LogP contribution in [0.2, 0.25) is 0 Å². The lowest BCUT2D eigenvalue weighted by Crippen LogP contribution is -2.17. The third-order valence-corrected chi connectivity index (χ3v) is 4.21. The first-order valence-electron chi connectivity index (χ1n) is 7.52. The van der Waals surface area contributed by atoms with Crippen molar-refractivity contribution in [3.05, 3.63) is 35.0 Å². The van der Waals surface area contributed by atoms with E-state index in [1.54, 1.807) is 0 Å². The molecule has 3 nitrogen and oxygen atoms in total. The van der Waals surface area contributed by atoms with Gasteiger partial charge in [0.1, 0.15) is 0 Å². The summed E-state index contributed by atoms with van der Waals surface area (Å²) in [7, 11) is 0. The van der Waals surface area contributed by atoms with Gasteiger partial charge in [-0.2, -0.15) is 0 Å². The Bertz CT molecular complexity index is 650. The fourth-order valence-electron chi connectivity index (χ4n) is 3.04. The third kappa shape index (κ3) is 2.27. The third-order valence-electron chi connectivity index (χ3n) is 4.21. The predicted molar refractivity (Wildman–Crippen MR) is 83.7 cm³/mol. The number of H-pyrrole nitrogens is 1. The summed E-state index contributed by atoms with van der Waals surface area (Å²) < 4.78 is 0. The first-order valence-corrected chi connectivity index (χ1v) is 7.52. The van der Waals surface area contributed by atoms with Crippen molar-refractivity contribution in [1.29, 1.82) is 0 Å². The van der Waals surface area contributed by atoms with Gasteiger partial charge in [-0.3, -0.25) is 4.99 Å². The number of fused-ring (bicyclic) bond motifs is 3. The summed E-state index contributed by atoms with van der Waals surface area (Å²) in [5.74, 6) is 0. The van der Waals surface area contributed by atoms with Gasteiger partial charge in [-0.25, -0.2) is 0 Å². The number of nitrogens with zero attached hydrogens (tertiary/aromatic N) is 1. The highest BCUT2D eigenvalue weighted by molar-refractivity contribution is 6.06. The second-order valence-electron chi connectivity index (χ2n) is 5.70. The van der Waals surface area contributed by atoms with Gasteiger partial charge in [0.2, 0.25) is 0 Å². The number of hydrogen-bond donors (Lipinski definition) is 2. The minimum atomic E-state index is 0.0316. The highest BCUT2D eigenvalue weighted by Crippen LogP contribution is 2.30. The van der Waals surface area contributed by atoms with Crippen molar-refractivity contribution >= 4 is 16.6 Å². The fraction of sp³-hybridized carbons (Fsp3) is 0.471. The molecule has 0 fully saturated rings. The number of hydrogen-bond acceptors (Lipinski definition) is 2. The highest BCUT2D eigenvalue weighted by Gasteiger charge is 2.21. The number of aliphatic hydroxyl groups excluding tert-OH is 1. The summed E-state index contributed by atoms with van der Waals surface area (Å²) in [4.78, 5) is 8.30. The van der Waals surface area contributed by atoms with E-state index in [9.17, 15) is 5.11 Å². The smallest absolute Gasteiger partial charge is 0.0731 e. The lowest BCUT2D eigenvalue weighted by atomic mass is 9.93. The summed E-state index contributed by atoms with van der Waals surface area (Å²) in [6, 6.07) is 6.59. The Balaban J connectivity index is 2.11. The molecular formula is C17H22N2O. The number of benzene rings is 1. The van der Waals surface area contributed by atoms with Crippen molar-refractivity contribution in [1.82, 2.24) is 4.98 Å². The summed E-state index contributed by atoms with van der Waals surface area (Å²) in [6.07, 6.45) is 4.16. The van der Waals surface area contributed by atoms with Crippen molar-refractivity contribution in [3.8, 4) is 0 Å². The molecule has 0 saturated heterocycles. The molecule has 0 radical (unpaired) electrons. The maximum absolute atomic E-state index is 9.36. The maximum atomic E-state index is 9.36. The van der Waals surface area contributed by atoms with E-state index in [4.69, 9.17) is 4.99 Å². The number of rotatable bonds is 3. The van der Waals surface area contributed by atoms with Gasteiger partial charge in [0, 0.05) is 10.9 Å². The van der Waals surface area contributed by atoms with Crippen LogP contribution in [0, 0.1) is 6.92 Å². The molecule has 106 valence electrons. The van der Waals surface area contributed by atoms with E-state index in [-0.39, 0.29) is 12.6 Å². The summed E-state index contributed by atoms with van der Waals surface area (Å²) >= 11 is 0. The first-order chi connectivity index (χ1) is 9.72. The van der Waals surface area contributed by atoms with Crippen molar-refractivity contribution in [3.63, 3.8) is 0 Å². The van der Waals surface area contributed by atoms with Crippen molar-refractivity contribution < 1.29 is 5.11 Å². The van der Waals surface area contributed by atoms with Crippen molar-refractivity contribution in [2.75, 3.05) is 6.61 Å². The Hall–Kier alpha value is -1.61. The minimum Gasteiger partial charge on any atom is -0.394 e. The summed E-state index contributed by atoms with van der Waals surface area (Å²) in [6.45, 7) is 4.34. The zero-order valence-electron chi connectivity index (χ0n) is 12.2. The Morgan fingerprint density at radius 2 is 2.20 bits per heavy atom. The second kappa shape index (κ2) is 5.41. The number of aryl methyl sites for hydroxylation is 2. The molecule has 1 aromatic heterocycles. The molecule has 0 spiro atoms. The molecule has 1 atom stereocenters. The molecule has 0 bridgehead atoms. The average Bonchev–Trinajstić information content (AvgIpc) is 2.83. The zero-order chi connectivity index (χ0) is 14.1. The van der Waals surface area contributed by atoms with Crippen LogP contribution in [0.3, 0.4) is 0 Å². The Morgan fingerprint density at radius 1 is 1.35 bits per heavy atom. The van der Waals surface area contributed by atoms with E-state index < -0.39 is 0 Å². The first kappa shape index (κ1) is 13.4. The summed E-state index contributed by atoms with van der Waals surface area (Å²) in [5.41, 5.74) is 6.24. The van der Waals surface area contributed by atoms with Crippen molar-refractivity contribution in [2.24, 2.45) is 4.99 Å². The lowest BCUT2D eigenvalue weighted by Gasteiger charge is -2.17. The molecule has 1 aliphatic rings. The van der Waals surface area contributed by atoms with Gasteiger partial charge < -0.3 is 10.1 Å².